The second kappa shape index (κ2) is 5.64. The molecule has 96 valence electrons. The van der Waals surface area contributed by atoms with Crippen molar-refractivity contribution in [1.82, 2.24) is 14.9 Å². The fraction of sp³-hybridized carbons (Fsp3) is 0.385. The summed E-state index contributed by atoms with van der Waals surface area (Å²) in [6.07, 6.45) is 2.30. The second-order valence-electron chi connectivity index (χ2n) is 4.16. The first kappa shape index (κ1) is 12.6. The molecule has 2 N–H and O–H groups in total. The predicted molar refractivity (Wildman–Crippen MR) is 69.5 cm³/mol. The standard InChI is InChI=1S/C13H17N3O2/c1-2-14-11(13(17)18)7-8-16-9-15-10-5-3-4-6-12(10)16/h3-6,9,11,14H,2,7-8H2,1H3,(H,17,18). The maximum Gasteiger partial charge on any atom is 0.320 e. The summed E-state index contributed by atoms with van der Waals surface area (Å²) in [5.74, 6) is -0.804. The minimum absolute atomic E-state index is 0.504. The summed E-state index contributed by atoms with van der Waals surface area (Å²) in [4.78, 5) is 15.3. The second-order valence-corrected chi connectivity index (χ2v) is 4.16. The van der Waals surface area contributed by atoms with E-state index in [9.17, 15) is 4.79 Å². The molecular formula is C13H17N3O2. The van der Waals surface area contributed by atoms with Gasteiger partial charge in [0, 0.05) is 6.54 Å². The molecule has 0 aliphatic carbocycles. The summed E-state index contributed by atoms with van der Waals surface area (Å²) in [5.41, 5.74) is 1.98. The van der Waals surface area contributed by atoms with Crippen LogP contribution < -0.4 is 5.32 Å². The summed E-state index contributed by atoms with van der Waals surface area (Å²) < 4.78 is 1.99. The van der Waals surface area contributed by atoms with Crippen LogP contribution in [0, 0.1) is 0 Å². The Morgan fingerprint density at radius 3 is 3.00 bits per heavy atom. The lowest BCUT2D eigenvalue weighted by Gasteiger charge is -2.13. The van der Waals surface area contributed by atoms with Gasteiger partial charge in [0.15, 0.2) is 0 Å². The highest BCUT2D eigenvalue weighted by atomic mass is 16.4. The van der Waals surface area contributed by atoms with Crippen molar-refractivity contribution >= 4 is 17.0 Å². The van der Waals surface area contributed by atoms with Gasteiger partial charge in [0.05, 0.1) is 17.4 Å². The third kappa shape index (κ3) is 2.68. The van der Waals surface area contributed by atoms with Crippen molar-refractivity contribution in [1.29, 1.82) is 0 Å². The highest BCUT2D eigenvalue weighted by molar-refractivity contribution is 5.75. The first-order chi connectivity index (χ1) is 8.72. The largest absolute Gasteiger partial charge is 0.480 e. The highest BCUT2D eigenvalue weighted by Crippen LogP contribution is 2.12. The lowest BCUT2D eigenvalue weighted by Crippen LogP contribution is -2.37. The third-order valence-electron chi connectivity index (χ3n) is 2.93. The Hall–Kier alpha value is -1.88. The van der Waals surface area contributed by atoms with Gasteiger partial charge >= 0.3 is 5.97 Å². The van der Waals surface area contributed by atoms with E-state index in [1.54, 1.807) is 6.33 Å². The number of aromatic nitrogens is 2. The molecule has 0 radical (unpaired) electrons. The summed E-state index contributed by atoms with van der Waals surface area (Å²) in [6, 6.07) is 7.34. The van der Waals surface area contributed by atoms with E-state index in [0.717, 1.165) is 11.0 Å². The number of aryl methyl sites for hydroxylation is 1. The number of carbonyl (C=O) groups is 1. The Labute approximate surface area is 105 Å². The van der Waals surface area contributed by atoms with Gasteiger partial charge in [0.1, 0.15) is 6.04 Å². The van der Waals surface area contributed by atoms with Crippen molar-refractivity contribution in [2.75, 3.05) is 6.54 Å². The maximum atomic E-state index is 11.0. The monoisotopic (exact) mass is 247 g/mol. The number of aliphatic carboxylic acids is 1. The minimum atomic E-state index is -0.804. The molecule has 0 saturated heterocycles. The van der Waals surface area contributed by atoms with Crippen LogP contribution in [0.15, 0.2) is 30.6 Å². The molecule has 1 heterocycles. The topological polar surface area (TPSA) is 67.2 Å². The average molecular weight is 247 g/mol. The quantitative estimate of drug-likeness (QED) is 0.811. The molecule has 1 aromatic carbocycles. The van der Waals surface area contributed by atoms with Crippen LogP contribution in [0.2, 0.25) is 0 Å². The van der Waals surface area contributed by atoms with E-state index in [1.807, 2.05) is 35.8 Å². The number of rotatable bonds is 6. The Morgan fingerprint density at radius 1 is 1.50 bits per heavy atom. The van der Waals surface area contributed by atoms with Gasteiger partial charge in [0.25, 0.3) is 0 Å². The number of fused-ring (bicyclic) bond motifs is 1. The van der Waals surface area contributed by atoms with E-state index in [4.69, 9.17) is 5.11 Å². The number of imidazole rings is 1. The van der Waals surface area contributed by atoms with Crippen LogP contribution in [-0.4, -0.2) is 33.2 Å². The van der Waals surface area contributed by atoms with Crippen molar-refractivity contribution < 1.29 is 9.90 Å². The van der Waals surface area contributed by atoms with Gasteiger partial charge < -0.3 is 15.0 Å². The lowest BCUT2D eigenvalue weighted by atomic mass is 10.2. The Bertz CT molecular complexity index is 536. The van der Waals surface area contributed by atoms with Gasteiger partial charge in [-0.2, -0.15) is 0 Å². The summed E-state index contributed by atoms with van der Waals surface area (Å²) in [6.45, 7) is 3.20. The van der Waals surface area contributed by atoms with Gasteiger partial charge in [-0.3, -0.25) is 4.79 Å². The number of para-hydroxylation sites is 2. The van der Waals surface area contributed by atoms with Gasteiger partial charge in [-0.15, -0.1) is 0 Å². The fourth-order valence-electron chi connectivity index (χ4n) is 2.02. The number of nitrogens with one attached hydrogen (secondary N) is 1. The van der Waals surface area contributed by atoms with Crippen LogP contribution in [0.3, 0.4) is 0 Å². The molecule has 0 amide bonds. The fourth-order valence-corrected chi connectivity index (χ4v) is 2.02. The number of carboxylic acid groups (broad SMARTS) is 1. The normalized spacial score (nSPS) is 12.7. The lowest BCUT2D eigenvalue weighted by molar-refractivity contribution is -0.139. The molecule has 2 aromatic rings. The molecule has 5 heteroatoms. The number of carboxylic acids is 1. The van der Waals surface area contributed by atoms with E-state index < -0.39 is 12.0 Å². The zero-order valence-corrected chi connectivity index (χ0v) is 10.3. The van der Waals surface area contributed by atoms with Gasteiger partial charge in [-0.05, 0) is 25.1 Å². The highest BCUT2D eigenvalue weighted by Gasteiger charge is 2.15. The number of benzene rings is 1. The van der Waals surface area contributed by atoms with Crippen molar-refractivity contribution in [3.63, 3.8) is 0 Å². The molecule has 0 bridgehead atoms. The molecular weight excluding hydrogens is 230 g/mol. The number of nitrogens with zero attached hydrogens (tertiary/aromatic N) is 2. The minimum Gasteiger partial charge on any atom is -0.480 e. The smallest absolute Gasteiger partial charge is 0.320 e. The summed E-state index contributed by atoms with van der Waals surface area (Å²) >= 11 is 0. The van der Waals surface area contributed by atoms with Crippen molar-refractivity contribution in [2.45, 2.75) is 25.9 Å². The van der Waals surface area contributed by atoms with E-state index in [1.165, 1.54) is 0 Å². The van der Waals surface area contributed by atoms with Crippen LogP contribution in [0.1, 0.15) is 13.3 Å². The van der Waals surface area contributed by atoms with Crippen LogP contribution in [0.5, 0.6) is 0 Å². The van der Waals surface area contributed by atoms with Crippen LogP contribution in [0.25, 0.3) is 11.0 Å². The summed E-state index contributed by atoms with van der Waals surface area (Å²) in [5, 5.41) is 12.0. The molecule has 0 fully saturated rings. The van der Waals surface area contributed by atoms with Crippen molar-refractivity contribution in [2.24, 2.45) is 0 Å². The van der Waals surface area contributed by atoms with Crippen LogP contribution in [0.4, 0.5) is 0 Å². The molecule has 0 spiro atoms. The predicted octanol–water partition coefficient (Wildman–Crippen LogP) is 1.49. The van der Waals surface area contributed by atoms with Gasteiger partial charge in [-0.25, -0.2) is 4.98 Å². The molecule has 0 aliphatic rings. The molecule has 0 saturated carbocycles. The molecule has 2 rings (SSSR count). The van der Waals surface area contributed by atoms with E-state index in [2.05, 4.69) is 10.3 Å². The van der Waals surface area contributed by atoms with Crippen molar-refractivity contribution in [3.05, 3.63) is 30.6 Å². The SMILES string of the molecule is CCNC(CCn1cnc2ccccc21)C(=O)O. The zero-order valence-electron chi connectivity index (χ0n) is 10.3. The van der Waals surface area contributed by atoms with Gasteiger partial charge in [-0.1, -0.05) is 19.1 Å². The number of likely N-dealkylation sites (N-methyl/N-ethyl adjacent to an activating group) is 1. The van der Waals surface area contributed by atoms with Crippen LogP contribution in [-0.2, 0) is 11.3 Å². The third-order valence-corrected chi connectivity index (χ3v) is 2.93. The zero-order chi connectivity index (χ0) is 13.0. The van der Waals surface area contributed by atoms with E-state index >= 15 is 0 Å². The Morgan fingerprint density at radius 2 is 2.28 bits per heavy atom. The first-order valence-corrected chi connectivity index (χ1v) is 6.08. The van der Waals surface area contributed by atoms with E-state index in [0.29, 0.717) is 19.5 Å². The maximum absolute atomic E-state index is 11.0. The van der Waals surface area contributed by atoms with Crippen molar-refractivity contribution in [3.8, 4) is 0 Å². The Kier molecular flexibility index (Phi) is 3.94. The van der Waals surface area contributed by atoms with E-state index in [-0.39, 0.29) is 0 Å². The molecule has 1 unspecified atom stereocenters. The average Bonchev–Trinajstić information content (AvgIpc) is 2.77. The number of hydrogen-bond donors (Lipinski definition) is 2. The Balaban J connectivity index is 2.07. The molecule has 0 aliphatic heterocycles. The molecule has 5 nitrogen and oxygen atoms in total. The van der Waals surface area contributed by atoms with Gasteiger partial charge in [0.2, 0.25) is 0 Å². The number of hydrogen-bond acceptors (Lipinski definition) is 3. The first-order valence-electron chi connectivity index (χ1n) is 6.08. The molecule has 1 aromatic heterocycles. The van der Waals surface area contributed by atoms with Crippen LogP contribution >= 0.6 is 0 Å². The molecule has 18 heavy (non-hydrogen) atoms. The summed E-state index contributed by atoms with van der Waals surface area (Å²) in [7, 11) is 0. The molecule has 1 atom stereocenters.